The van der Waals surface area contributed by atoms with Gasteiger partial charge in [0.15, 0.2) is 0 Å². The molecule has 0 N–H and O–H groups in total. The summed E-state index contributed by atoms with van der Waals surface area (Å²) in [6, 6.07) is 5.69. The molecule has 0 saturated carbocycles. The van der Waals surface area contributed by atoms with Gasteiger partial charge in [-0.05, 0) is 30.2 Å². The number of aryl methyl sites for hydroxylation is 1. The monoisotopic (exact) mass is 177 g/mol. The summed E-state index contributed by atoms with van der Waals surface area (Å²) in [6.07, 6.45) is 1.52. The second-order valence-corrected chi connectivity index (χ2v) is 2.70. The highest BCUT2D eigenvalue weighted by molar-refractivity contribution is 5.38. The van der Waals surface area contributed by atoms with Gasteiger partial charge in [-0.15, -0.1) is 0 Å². The molecule has 1 aromatic carbocycles. The van der Waals surface area contributed by atoms with Gasteiger partial charge in [0.1, 0.15) is 5.75 Å². The van der Waals surface area contributed by atoms with Crippen LogP contribution in [0.1, 0.15) is 11.1 Å². The SMILES string of the molecule is COc1ccc(C)c(CN=C=O)c1. The second kappa shape index (κ2) is 4.43. The molecule has 1 rings (SSSR count). The third-order valence-corrected chi connectivity index (χ3v) is 1.87. The number of rotatable bonds is 3. The molecule has 0 heterocycles. The normalized spacial score (nSPS) is 9.08. The minimum absolute atomic E-state index is 0.368. The van der Waals surface area contributed by atoms with Crippen LogP contribution in [-0.4, -0.2) is 13.2 Å². The molecule has 0 atom stereocenters. The Morgan fingerprint density at radius 3 is 2.92 bits per heavy atom. The smallest absolute Gasteiger partial charge is 0.235 e. The minimum Gasteiger partial charge on any atom is -0.497 e. The van der Waals surface area contributed by atoms with Crippen molar-refractivity contribution in [2.45, 2.75) is 13.5 Å². The molecule has 0 aliphatic heterocycles. The molecular formula is C10H11NO2. The molecule has 0 amide bonds. The minimum atomic E-state index is 0.368. The molecular weight excluding hydrogens is 166 g/mol. The molecule has 0 radical (unpaired) electrons. The first-order valence-corrected chi connectivity index (χ1v) is 3.95. The van der Waals surface area contributed by atoms with Crippen LogP contribution in [0.15, 0.2) is 23.2 Å². The van der Waals surface area contributed by atoms with Crippen LogP contribution in [0, 0.1) is 6.92 Å². The van der Waals surface area contributed by atoms with Crippen molar-refractivity contribution in [3.63, 3.8) is 0 Å². The van der Waals surface area contributed by atoms with Gasteiger partial charge in [-0.3, -0.25) is 0 Å². The Hall–Kier alpha value is -1.60. The summed E-state index contributed by atoms with van der Waals surface area (Å²) in [5, 5.41) is 0. The van der Waals surface area contributed by atoms with Crippen molar-refractivity contribution in [3.8, 4) is 5.75 Å². The molecule has 0 fully saturated rings. The molecule has 0 bridgehead atoms. The fraction of sp³-hybridized carbons (Fsp3) is 0.300. The first kappa shape index (κ1) is 9.49. The average molecular weight is 177 g/mol. The van der Waals surface area contributed by atoms with Gasteiger partial charge in [-0.25, -0.2) is 9.79 Å². The first-order chi connectivity index (χ1) is 6.27. The number of ether oxygens (including phenoxy) is 1. The van der Waals surface area contributed by atoms with Crippen LogP contribution in [0.2, 0.25) is 0 Å². The van der Waals surface area contributed by atoms with Gasteiger partial charge in [-0.2, -0.15) is 0 Å². The standard InChI is InChI=1S/C10H11NO2/c1-8-3-4-10(13-2)5-9(8)6-11-7-12/h3-5H,6H2,1-2H3. The molecule has 0 aliphatic carbocycles. The van der Waals surface area contributed by atoms with Gasteiger partial charge >= 0.3 is 0 Å². The van der Waals surface area contributed by atoms with Gasteiger partial charge in [-0.1, -0.05) is 6.07 Å². The number of carbonyl (C=O) groups excluding carboxylic acids is 1. The Labute approximate surface area is 77.1 Å². The zero-order chi connectivity index (χ0) is 9.68. The van der Waals surface area contributed by atoms with Crippen LogP contribution in [-0.2, 0) is 11.3 Å². The quantitative estimate of drug-likeness (QED) is 0.522. The summed E-state index contributed by atoms with van der Waals surface area (Å²) in [4.78, 5) is 13.4. The predicted octanol–water partition coefficient (Wildman–Crippen LogP) is 1.84. The van der Waals surface area contributed by atoms with Crippen LogP contribution in [0.3, 0.4) is 0 Å². The topological polar surface area (TPSA) is 38.7 Å². The molecule has 3 nitrogen and oxygen atoms in total. The van der Waals surface area contributed by atoms with Crippen molar-refractivity contribution in [1.29, 1.82) is 0 Å². The number of hydrogen-bond donors (Lipinski definition) is 0. The summed E-state index contributed by atoms with van der Waals surface area (Å²) in [7, 11) is 1.61. The number of methoxy groups -OCH3 is 1. The first-order valence-electron chi connectivity index (χ1n) is 3.95. The van der Waals surface area contributed by atoms with Crippen molar-refractivity contribution in [1.82, 2.24) is 0 Å². The fourth-order valence-corrected chi connectivity index (χ4v) is 1.06. The Kier molecular flexibility index (Phi) is 3.23. The molecule has 3 heteroatoms. The molecule has 0 unspecified atom stereocenters. The molecule has 0 spiro atoms. The molecule has 13 heavy (non-hydrogen) atoms. The third-order valence-electron chi connectivity index (χ3n) is 1.87. The lowest BCUT2D eigenvalue weighted by Crippen LogP contribution is -1.89. The van der Waals surface area contributed by atoms with Gasteiger partial charge in [0.05, 0.1) is 13.7 Å². The Morgan fingerprint density at radius 1 is 1.54 bits per heavy atom. The van der Waals surface area contributed by atoms with E-state index in [9.17, 15) is 4.79 Å². The van der Waals surface area contributed by atoms with Crippen molar-refractivity contribution in [2.75, 3.05) is 7.11 Å². The van der Waals surface area contributed by atoms with Crippen molar-refractivity contribution >= 4 is 6.08 Å². The molecule has 1 aromatic rings. The van der Waals surface area contributed by atoms with Crippen molar-refractivity contribution < 1.29 is 9.53 Å². The van der Waals surface area contributed by atoms with Gasteiger partial charge in [0.2, 0.25) is 6.08 Å². The summed E-state index contributed by atoms with van der Waals surface area (Å²) in [5.41, 5.74) is 2.09. The van der Waals surface area contributed by atoms with Crippen molar-refractivity contribution in [2.24, 2.45) is 4.99 Å². The molecule has 0 saturated heterocycles. The van der Waals surface area contributed by atoms with E-state index in [4.69, 9.17) is 4.74 Å². The number of nitrogens with zero attached hydrogens (tertiary/aromatic N) is 1. The van der Waals surface area contributed by atoms with Gasteiger partial charge < -0.3 is 4.74 Å². The van der Waals surface area contributed by atoms with Gasteiger partial charge in [0.25, 0.3) is 0 Å². The highest BCUT2D eigenvalue weighted by Crippen LogP contribution is 2.17. The molecule has 68 valence electrons. The van der Waals surface area contributed by atoms with Crippen LogP contribution < -0.4 is 4.74 Å². The molecule has 0 aromatic heterocycles. The van der Waals surface area contributed by atoms with E-state index in [1.54, 1.807) is 7.11 Å². The van der Waals surface area contributed by atoms with Crippen molar-refractivity contribution in [3.05, 3.63) is 29.3 Å². The van der Waals surface area contributed by atoms with E-state index in [2.05, 4.69) is 4.99 Å². The maximum Gasteiger partial charge on any atom is 0.235 e. The van der Waals surface area contributed by atoms with Gasteiger partial charge in [0, 0.05) is 0 Å². The second-order valence-electron chi connectivity index (χ2n) is 2.70. The highest BCUT2D eigenvalue weighted by Gasteiger charge is 1.99. The van der Waals surface area contributed by atoms with E-state index in [1.807, 2.05) is 25.1 Å². The van der Waals surface area contributed by atoms with E-state index < -0.39 is 0 Å². The van der Waals surface area contributed by atoms with Crippen LogP contribution in [0.25, 0.3) is 0 Å². The van der Waals surface area contributed by atoms with E-state index in [0.29, 0.717) is 6.54 Å². The summed E-state index contributed by atoms with van der Waals surface area (Å²) in [6.45, 7) is 2.33. The summed E-state index contributed by atoms with van der Waals surface area (Å²) in [5.74, 6) is 0.779. The maximum absolute atomic E-state index is 9.92. The lowest BCUT2D eigenvalue weighted by Gasteiger charge is -2.04. The van der Waals surface area contributed by atoms with E-state index >= 15 is 0 Å². The zero-order valence-corrected chi connectivity index (χ0v) is 7.70. The largest absolute Gasteiger partial charge is 0.497 e. The maximum atomic E-state index is 9.92. The predicted molar refractivity (Wildman–Crippen MR) is 49.6 cm³/mol. The van der Waals surface area contributed by atoms with E-state index in [1.165, 1.54) is 6.08 Å². The fourth-order valence-electron chi connectivity index (χ4n) is 1.06. The Bertz CT molecular complexity index is 341. The highest BCUT2D eigenvalue weighted by atomic mass is 16.5. The third kappa shape index (κ3) is 2.42. The summed E-state index contributed by atoms with van der Waals surface area (Å²) >= 11 is 0. The van der Waals surface area contributed by atoms with Crippen LogP contribution in [0.4, 0.5) is 0 Å². The summed E-state index contributed by atoms with van der Waals surface area (Å²) < 4.78 is 5.05. The van der Waals surface area contributed by atoms with E-state index in [-0.39, 0.29) is 0 Å². The molecule has 0 aliphatic rings. The van der Waals surface area contributed by atoms with E-state index in [0.717, 1.165) is 16.9 Å². The van der Waals surface area contributed by atoms with Crippen LogP contribution in [0.5, 0.6) is 5.75 Å². The number of benzene rings is 1. The lowest BCUT2D eigenvalue weighted by molar-refractivity contribution is 0.414. The Balaban J connectivity index is 2.96. The zero-order valence-electron chi connectivity index (χ0n) is 7.70. The number of hydrogen-bond acceptors (Lipinski definition) is 3. The average Bonchev–Trinajstić information content (AvgIpc) is 2.17. The van der Waals surface area contributed by atoms with Crippen LogP contribution >= 0.6 is 0 Å². The Morgan fingerprint density at radius 2 is 2.31 bits per heavy atom. The number of isocyanates is 1. The number of aliphatic imine (C=N–C) groups is 1. The lowest BCUT2D eigenvalue weighted by atomic mass is 10.1.